The molecular weight excluding hydrogens is 512 g/mol. The maximum Gasteiger partial charge on any atom is 0.262 e. The summed E-state index contributed by atoms with van der Waals surface area (Å²) in [6, 6.07) is 11.2. The molecule has 0 unspecified atom stereocenters. The van der Waals surface area contributed by atoms with Crippen LogP contribution in [0.2, 0.25) is 0 Å². The summed E-state index contributed by atoms with van der Waals surface area (Å²) in [5, 5.41) is 2.87. The van der Waals surface area contributed by atoms with Gasteiger partial charge in [0.1, 0.15) is 12.0 Å². The summed E-state index contributed by atoms with van der Waals surface area (Å²) in [5.41, 5.74) is 4.02. The van der Waals surface area contributed by atoms with Gasteiger partial charge in [0.25, 0.3) is 15.9 Å². The van der Waals surface area contributed by atoms with Crippen molar-refractivity contribution in [1.82, 2.24) is 25.3 Å². The van der Waals surface area contributed by atoms with Crippen LogP contribution in [0.4, 0.5) is 5.69 Å². The largest absolute Gasteiger partial charge is 0.480 e. The molecule has 6 rings (SSSR count). The van der Waals surface area contributed by atoms with Gasteiger partial charge in [-0.3, -0.25) is 14.5 Å². The predicted molar refractivity (Wildman–Crippen MR) is 139 cm³/mol. The highest BCUT2D eigenvalue weighted by Gasteiger charge is 2.22. The zero-order valence-electron chi connectivity index (χ0n) is 19.3. The lowest BCUT2D eigenvalue weighted by molar-refractivity contribution is 0.0950. The van der Waals surface area contributed by atoms with Crippen molar-refractivity contribution in [2.75, 3.05) is 11.8 Å². The van der Waals surface area contributed by atoms with Crippen LogP contribution in [-0.4, -0.2) is 41.4 Å². The fourth-order valence-corrected chi connectivity index (χ4v) is 6.28. The number of thiophene rings is 1. The van der Waals surface area contributed by atoms with Gasteiger partial charge in [0.15, 0.2) is 0 Å². The van der Waals surface area contributed by atoms with Gasteiger partial charge < -0.3 is 10.1 Å². The molecule has 0 saturated carbocycles. The van der Waals surface area contributed by atoms with Gasteiger partial charge in [-0.1, -0.05) is 6.07 Å². The van der Waals surface area contributed by atoms with Crippen LogP contribution in [0.25, 0.3) is 31.9 Å². The van der Waals surface area contributed by atoms with Gasteiger partial charge >= 0.3 is 0 Å². The summed E-state index contributed by atoms with van der Waals surface area (Å²) < 4.78 is 35.2. The maximum absolute atomic E-state index is 13.3. The molecule has 10 nitrogen and oxygen atoms in total. The molecule has 37 heavy (non-hydrogen) atoms. The summed E-state index contributed by atoms with van der Waals surface area (Å²) in [5.74, 6) is -0.308. The molecule has 0 fully saturated rings. The first-order chi connectivity index (χ1) is 17.9. The molecule has 1 aliphatic heterocycles. The van der Waals surface area contributed by atoms with E-state index in [2.05, 4.69) is 30.0 Å². The number of nitrogens with zero attached hydrogens (tertiary/aromatic N) is 4. The van der Waals surface area contributed by atoms with Gasteiger partial charge in [0.05, 0.1) is 27.9 Å². The number of fused-ring (bicyclic) bond motifs is 8. The summed E-state index contributed by atoms with van der Waals surface area (Å²) in [7, 11) is -2.65. The third-order valence-electron chi connectivity index (χ3n) is 5.90. The highest BCUT2D eigenvalue weighted by Crippen LogP contribution is 2.39. The lowest BCUT2D eigenvalue weighted by atomic mass is 10.1. The molecule has 0 atom stereocenters. The Morgan fingerprint density at radius 3 is 2.78 bits per heavy atom. The molecule has 0 spiro atoms. The summed E-state index contributed by atoms with van der Waals surface area (Å²) in [6.07, 6.45) is 6.45. The number of rotatable bonds is 1. The van der Waals surface area contributed by atoms with E-state index >= 15 is 0 Å². The van der Waals surface area contributed by atoms with E-state index in [0.717, 1.165) is 26.2 Å². The zero-order chi connectivity index (χ0) is 25.6. The van der Waals surface area contributed by atoms with Gasteiger partial charge in [0.2, 0.25) is 5.88 Å². The molecular formula is C25H18N6O4S2. The first kappa shape index (κ1) is 23.0. The van der Waals surface area contributed by atoms with Gasteiger partial charge in [-0.2, -0.15) is 0 Å². The Kier molecular flexibility index (Phi) is 5.54. The van der Waals surface area contributed by atoms with E-state index in [9.17, 15) is 13.2 Å². The van der Waals surface area contributed by atoms with Crippen molar-refractivity contribution in [3.05, 3.63) is 78.5 Å². The standard InChI is InChI=1S/C25H18N6O4S2/c1-35-25-20-8-16(11-28-25)21-9-19-23(36-21)22(30-13-29-19)18-12-26-6-5-15(18)10-27-24(32)14-3-2-4-17(7-14)37(33,34)31-20/h2-9,11-13,31H,10H2,1H3,(H,27,32). The molecule has 0 saturated heterocycles. The zero-order valence-corrected chi connectivity index (χ0v) is 20.9. The Bertz CT molecular complexity index is 1800. The number of ether oxygens (including phenoxy) is 1. The molecule has 0 aliphatic carbocycles. The van der Waals surface area contributed by atoms with Crippen LogP contribution in [0, 0.1) is 0 Å². The van der Waals surface area contributed by atoms with Crippen LogP contribution >= 0.6 is 11.3 Å². The molecule has 0 radical (unpaired) electrons. The van der Waals surface area contributed by atoms with E-state index in [-0.39, 0.29) is 28.6 Å². The number of carbonyl (C=O) groups is 1. The van der Waals surface area contributed by atoms with E-state index in [1.54, 1.807) is 30.7 Å². The number of carbonyl (C=O) groups excluding carboxylic acids is 1. The average Bonchev–Trinajstić information content (AvgIpc) is 3.36. The number of methoxy groups -OCH3 is 1. The van der Waals surface area contributed by atoms with Crippen LogP contribution in [0.5, 0.6) is 5.88 Å². The quantitative estimate of drug-likeness (QED) is 0.333. The molecule has 6 bridgehead atoms. The van der Waals surface area contributed by atoms with Crippen LogP contribution in [0.15, 0.2) is 72.3 Å². The van der Waals surface area contributed by atoms with Crippen LogP contribution < -0.4 is 14.8 Å². The van der Waals surface area contributed by atoms with E-state index in [4.69, 9.17) is 4.74 Å². The fraction of sp³-hybridized carbons (Fsp3) is 0.0800. The topological polar surface area (TPSA) is 136 Å². The molecule has 2 N–H and O–H groups in total. The van der Waals surface area contributed by atoms with E-state index in [0.29, 0.717) is 11.3 Å². The second kappa shape index (κ2) is 8.91. The summed E-state index contributed by atoms with van der Waals surface area (Å²) >= 11 is 1.45. The minimum atomic E-state index is -4.06. The number of anilines is 1. The monoisotopic (exact) mass is 530 g/mol. The van der Waals surface area contributed by atoms with Gasteiger partial charge in [-0.25, -0.2) is 23.4 Å². The average molecular weight is 531 g/mol. The van der Waals surface area contributed by atoms with Crippen molar-refractivity contribution in [1.29, 1.82) is 0 Å². The first-order valence-corrected chi connectivity index (χ1v) is 13.4. The number of pyridine rings is 2. The second-order valence-corrected chi connectivity index (χ2v) is 10.9. The van der Waals surface area contributed by atoms with Crippen molar-refractivity contribution in [2.24, 2.45) is 0 Å². The molecule has 4 aromatic heterocycles. The lowest BCUT2D eigenvalue weighted by Gasteiger charge is -2.13. The van der Waals surface area contributed by atoms with Crippen molar-refractivity contribution in [2.45, 2.75) is 11.4 Å². The number of hydrogen-bond donors (Lipinski definition) is 2. The fourth-order valence-electron chi connectivity index (χ4n) is 4.09. The molecule has 5 aromatic rings. The van der Waals surface area contributed by atoms with E-state index in [1.165, 1.54) is 43.0 Å². The SMILES string of the molecule is COc1ncc2cc1NS(=O)(=O)c1cccc(c1)C(=O)NCc1ccncc1-c1ncnc3cc-2sc13. The number of benzene rings is 1. The van der Waals surface area contributed by atoms with Crippen molar-refractivity contribution in [3.63, 3.8) is 0 Å². The normalized spacial score (nSPS) is 14.4. The molecule has 1 aliphatic rings. The highest BCUT2D eigenvalue weighted by atomic mass is 32.2. The number of nitrogens with one attached hydrogen (secondary N) is 2. The van der Waals surface area contributed by atoms with Crippen molar-refractivity contribution in [3.8, 4) is 27.6 Å². The molecule has 5 heterocycles. The van der Waals surface area contributed by atoms with Crippen LogP contribution in [-0.2, 0) is 16.6 Å². The minimum Gasteiger partial charge on any atom is -0.480 e. The van der Waals surface area contributed by atoms with Gasteiger partial charge in [-0.05, 0) is 42.0 Å². The maximum atomic E-state index is 13.3. The Balaban J connectivity index is 1.60. The Morgan fingerprint density at radius 2 is 1.92 bits per heavy atom. The van der Waals surface area contributed by atoms with Crippen LogP contribution in [0.3, 0.4) is 0 Å². The van der Waals surface area contributed by atoms with E-state index < -0.39 is 15.9 Å². The smallest absolute Gasteiger partial charge is 0.262 e. The number of aromatic nitrogens is 4. The van der Waals surface area contributed by atoms with Gasteiger partial charge in [0, 0.05) is 46.7 Å². The molecule has 1 amide bonds. The van der Waals surface area contributed by atoms with E-state index in [1.807, 2.05) is 12.1 Å². The van der Waals surface area contributed by atoms with Crippen molar-refractivity contribution >= 4 is 43.2 Å². The Labute approximate surface area is 215 Å². The lowest BCUT2D eigenvalue weighted by Crippen LogP contribution is -2.24. The number of sulfonamides is 1. The Morgan fingerprint density at radius 1 is 1.03 bits per heavy atom. The van der Waals surface area contributed by atoms with Gasteiger partial charge in [-0.15, -0.1) is 11.3 Å². The Hall–Kier alpha value is -4.42. The minimum absolute atomic E-state index is 0.0691. The second-order valence-electron chi connectivity index (χ2n) is 8.18. The summed E-state index contributed by atoms with van der Waals surface area (Å²) in [6.45, 7) is 0.192. The third-order valence-corrected chi connectivity index (χ3v) is 8.44. The first-order valence-electron chi connectivity index (χ1n) is 11.1. The molecule has 184 valence electrons. The third kappa shape index (κ3) is 4.15. The highest BCUT2D eigenvalue weighted by molar-refractivity contribution is 7.92. The number of hydrogen-bond acceptors (Lipinski definition) is 9. The molecule has 12 heteroatoms. The number of amides is 1. The van der Waals surface area contributed by atoms with Crippen LogP contribution in [0.1, 0.15) is 15.9 Å². The van der Waals surface area contributed by atoms with Crippen molar-refractivity contribution < 1.29 is 17.9 Å². The summed E-state index contributed by atoms with van der Waals surface area (Å²) in [4.78, 5) is 31.3. The molecule has 1 aromatic carbocycles. The predicted octanol–water partition coefficient (Wildman–Crippen LogP) is 3.87.